The van der Waals surface area contributed by atoms with E-state index in [0.717, 1.165) is 23.5 Å². The Hall–Kier alpha value is -3.34. The Morgan fingerprint density at radius 3 is 2.35 bits per heavy atom. The fourth-order valence-corrected chi connectivity index (χ4v) is 3.72. The minimum absolute atomic E-state index is 0.0151. The molecule has 0 saturated carbocycles. The van der Waals surface area contributed by atoms with Crippen molar-refractivity contribution in [1.29, 1.82) is 0 Å². The molecule has 11 heteroatoms. The molecule has 2 amide bonds. The number of nitrogens with zero attached hydrogens (tertiary/aromatic N) is 1. The predicted octanol–water partition coefficient (Wildman–Crippen LogP) is 3.01. The van der Waals surface area contributed by atoms with Gasteiger partial charge >= 0.3 is 11.9 Å². The summed E-state index contributed by atoms with van der Waals surface area (Å²) in [7, 11) is 3.08. The summed E-state index contributed by atoms with van der Waals surface area (Å²) in [4.78, 5) is 50.4. The van der Waals surface area contributed by atoms with Gasteiger partial charge in [-0.25, -0.2) is 18.4 Å². The Labute approximate surface area is 180 Å². The molecule has 166 valence electrons. The third kappa shape index (κ3) is 5.63. The molecule has 0 fully saturated rings. The zero-order chi connectivity index (χ0) is 23.3. The van der Waals surface area contributed by atoms with E-state index < -0.39 is 41.7 Å². The number of benzene rings is 1. The third-order valence-corrected chi connectivity index (χ3v) is 5.16. The summed E-state index contributed by atoms with van der Waals surface area (Å²) in [6.45, 7) is 2.44. The fraction of sp³-hybridized carbons (Fsp3) is 0.300. The normalized spacial score (nSPS) is 10.4. The molecule has 0 unspecified atom stereocenters. The zero-order valence-electron chi connectivity index (χ0n) is 17.2. The summed E-state index contributed by atoms with van der Waals surface area (Å²) in [5.74, 6) is -5.08. The molecular weight excluding hydrogens is 434 g/mol. The van der Waals surface area contributed by atoms with Gasteiger partial charge in [-0.05, 0) is 31.5 Å². The van der Waals surface area contributed by atoms with Gasteiger partial charge in [0.1, 0.15) is 16.6 Å². The molecule has 0 aliphatic heterocycles. The predicted molar refractivity (Wildman–Crippen MR) is 108 cm³/mol. The summed E-state index contributed by atoms with van der Waals surface area (Å²) >= 11 is 0.874. The van der Waals surface area contributed by atoms with Gasteiger partial charge in [0, 0.05) is 20.2 Å². The average molecular weight is 454 g/mol. The summed E-state index contributed by atoms with van der Waals surface area (Å²) in [6.07, 6.45) is 0. The highest BCUT2D eigenvalue weighted by Gasteiger charge is 2.27. The highest BCUT2D eigenvalue weighted by atomic mass is 32.1. The average Bonchev–Trinajstić information content (AvgIpc) is 3.01. The van der Waals surface area contributed by atoms with E-state index in [-0.39, 0.29) is 28.0 Å². The van der Waals surface area contributed by atoms with Gasteiger partial charge in [0.15, 0.2) is 6.61 Å². The van der Waals surface area contributed by atoms with Crippen molar-refractivity contribution in [3.63, 3.8) is 0 Å². The van der Waals surface area contributed by atoms with Gasteiger partial charge < -0.3 is 19.7 Å². The Balaban J connectivity index is 2.19. The highest BCUT2D eigenvalue weighted by Crippen LogP contribution is 2.34. The second-order valence-electron chi connectivity index (χ2n) is 6.43. The zero-order valence-corrected chi connectivity index (χ0v) is 18.0. The Morgan fingerprint density at radius 1 is 1.10 bits per heavy atom. The van der Waals surface area contributed by atoms with Crippen LogP contribution < -0.4 is 5.32 Å². The number of nitrogens with one attached hydrogen (secondary N) is 1. The molecule has 0 spiro atoms. The minimum Gasteiger partial charge on any atom is -0.462 e. The van der Waals surface area contributed by atoms with Crippen LogP contribution in [0.4, 0.5) is 13.8 Å². The van der Waals surface area contributed by atoms with Crippen molar-refractivity contribution in [3.8, 4) is 0 Å². The van der Waals surface area contributed by atoms with Crippen molar-refractivity contribution in [2.24, 2.45) is 0 Å². The van der Waals surface area contributed by atoms with Crippen molar-refractivity contribution < 1.29 is 37.4 Å². The first-order chi connectivity index (χ1) is 14.6. The number of carbonyl (C=O) groups is 4. The number of halogens is 2. The van der Waals surface area contributed by atoms with Crippen LogP contribution in [0, 0.1) is 18.6 Å². The Kier molecular flexibility index (Phi) is 7.81. The maximum absolute atomic E-state index is 13.6. The van der Waals surface area contributed by atoms with Crippen LogP contribution in [0.3, 0.4) is 0 Å². The minimum atomic E-state index is -1.16. The van der Waals surface area contributed by atoms with Crippen molar-refractivity contribution in [2.45, 2.75) is 13.8 Å². The van der Waals surface area contributed by atoms with Crippen LogP contribution in [0.2, 0.25) is 0 Å². The van der Waals surface area contributed by atoms with Crippen LogP contribution in [-0.4, -0.2) is 56.0 Å². The molecule has 1 aromatic carbocycles. The van der Waals surface area contributed by atoms with Gasteiger partial charge in [-0.15, -0.1) is 11.3 Å². The van der Waals surface area contributed by atoms with Gasteiger partial charge in [-0.2, -0.15) is 0 Å². The molecule has 1 heterocycles. The lowest BCUT2D eigenvalue weighted by Gasteiger charge is -2.09. The molecule has 2 aromatic rings. The van der Waals surface area contributed by atoms with Crippen molar-refractivity contribution >= 4 is 40.1 Å². The second kappa shape index (κ2) is 10.1. The molecule has 0 saturated heterocycles. The fourth-order valence-electron chi connectivity index (χ4n) is 2.48. The van der Waals surface area contributed by atoms with E-state index in [1.807, 2.05) is 0 Å². The number of hydrogen-bond donors (Lipinski definition) is 1. The maximum atomic E-state index is 13.6. The first-order valence-corrected chi connectivity index (χ1v) is 9.82. The van der Waals surface area contributed by atoms with E-state index >= 15 is 0 Å². The molecule has 0 aliphatic rings. The van der Waals surface area contributed by atoms with Gasteiger partial charge in [0.2, 0.25) is 0 Å². The van der Waals surface area contributed by atoms with Gasteiger partial charge in [0.05, 0.1) is 22.6 Å². The van der Waals surface area contributed by atoms with E-state index in [1.165, 1.54) is 19.0 Å². The lowest BCUT2D eigenvalue weighted by atomic mass is 10.1. The van der Waals surface area contributed by atoms with Crippen LogP contribution in [0.1, 0.15) is 42.9 Å². The van der Waals surface area contributed by atoms with Crippen molar-refractivity contribution in [3.05, 3.63) is 51.4 Å². The van der Waals surface area contributed by atoms with Crippen LogP contribution in [0.25, 0.3) is 0 Å². The SMILES string of the molecule is CCOC(=O)c1c(NC(=O)COC(=O)c2ccc(F)cc2F)sc(C(=O)N(C)C)c1C. The van der Waals surface area contributed by atoms with E-state index in [4.69, 9.17) is 9.47 Å². The summed E-state index contributed by atoms with van der Waals surface area (Å²) in [5, 5.41) is 2.46. The number of ether oxygens (including phenoxy) is 2. The lowest BCUT2D eigenvalue weighted by molar-refractivity contribution is -0.119. The standard InChI is InChI=1S/C20H20F2N2O6S/c1-5-29-20(28)15-10(2)16(18(26)24(3)4)31-17(15)23-14(25)9-30-19(27)12-7-6-11(21)8-13(12)22/h6-8H,5,9H2,1-4H3,(H,23,25). The molecule has 0 atom stereocenters. The molecule has 0 aliphatic carbocycles. The smallest absolute Gasteiger partial charge is 0.341 e. The summed E-state index contributed by atoms with van der Waals surface area (Å²) in [5.41, 5.74) is -0.184. The van der Waals surface area contributed by atoms with E-state index in [0.29, 0.717) is 11.6 Å². The van der Waals surface area contributed by atoms with E-state index in [2.05, 4.69) is 5.32 Å². The molecule has 2 rings (SSSR count). The topological polar surface area (TPSA) is 102 Å². The molecule has 31 heavy (non-hydrogen) atoms. The maximum Gasteiger partial charge on any atom is 0.341 e. The quantitative estimate of drug-likeness (QED) is 0.646. The summed E-state index contributed by atoms with van der Waals surface area (Å²) < 4.78 is 36.3. The monoisotopic (exact) mass is 454 g/mol. The van der Waals surface area contributed by atoms with Gasteiger partial charge in [-0.1, -0.05) is 0 Å². The first kappa shape index (κ1) is 23.9. The van der Waals surface area contributed by atoms with Crippen molar-refractivity contribution in [1.82, 2.24) is 4.90 Å². The number of amides is 2. The van der Waals surface area contributed by atoms with Gasteiger partial charge in [0.25, 0.3) is 11.8 Å². The second-order valence-corrected chi connectivity index (χ2v) is 7.45. The number of hydrogen-bond acceptors (Lipinski definition) is 7. The first-order valence-electron chi connectivity index (χ1n) is 9.01. The lowest BCUT2D eigenvalue weighted by Crippen LogP contribution is -2.22. The molecular formula is C20H20F2N2O6S. The van der Waals surface area contributed by atoms with Crippen LogP contribution in [0.15, 0.2) is 18.2 Å². The van der Waals surface area contributed by atoms with Crippen molar-refractivity contribution in [2.75, 3.05) is 32.6 Å². The number of thiophene rings is 1. The summed E-state index contributed by atoms with van der Waals surface area (Å²) in [6, 6.07) is 2.29. The molecule has 1 aromatic heterocycles. The molecule has 1 N–H and O–H groups in total. The third-order valence-electron chi connectivity index (χ3n) is 3.97. The highest BCUT2D eigenvalue weighted by molar-refractivity contribution is 7.18. The molecule has 0 bridgehead atoms. The van der Waals surface area contributed by atoms with E-state index in [9.17, 15) is 28.0 Å². The number of anilines is 1. The number of carbonyl (C=O) groups excluding carboxylic acids is 4. The number of rotatable bonds is 7. The van der Waals surface area contributed by atoms with Crippen LogP contribution in [-0.2, 0) is 14.3 Å². The number of esters is 2. The Morgan fingerprint density at radius 2 is 1.77 bits per heavy atom. The Bertz CT molecular complexity index is 1030. The van der Waals surface area contributed by atoms with Gasteiger partial charge in [-0.3, -0.25) is 9.59 Å². The van der Waals surface area contributed by atoms with E-state index in [1.54, 1.807) is 13.8 Å². The molecule has 8 nitrogen and oxygen atoms in total. The molecule has 0 radical (unpaired) electrons. The van der Waals surface area contributed by atoms with Crippen LogP contribution in [0.5, 0.6) is 0 Å². The largest absolute Gasteiger partial charge is 0.462 e. The van der Waals surface area contributed by atoms with Crippen LogP contribution >= 0.6 is 11.3 Å².